The van der Waals surface area contributed by atoms with Gasteiger partial charge in [0.05, 0.1) is 12.0 Å². The minimum absolute atomic E-state index is 0.116. The van der Waals surface area contributed by atoms with Gasteiger partial charge in [-0.2, -0.15) is 0 Å². The van der Waals surface area contributed by atoms with Crippen LogP contribution in [0.4, 0.5) is 4.79 Å². The van der Waals surface area contributed by atoms with Crippen LogP contribution in [0.15, 0.2) is 24.8 Å². The molecule has 1 fully saturated rings. The average molecular weight is 360 g/mol. The Morgan fingerprint density at radius 3 is 2.85 bits per heavy atom. The summed E-state index contributed by atoms with van der Waals surface area (Å²) in [6.07, 6.45) is 8.00. The highest BCUT2D eigenvalue weighted by Gasteiger charge is 2.31. The number of H-pyrrole nitrogens is 1. The van der Waals surface area contributed by atoms with Crippen molar-refractivity contribution in [2.24, 2.45) is 0 Å². The quantitative estimate of drug-likeness (QED) is 0.543. The molecule has 3 rings (SSSR count). The zero-order valence-corrected chi connectivity index (χ0v) is 14.0. The van der Waals surface area contributed by atoms with Crippen molar-refractivity contribution in [1.82, 2.24) is 30.8 Å². The summed E-state index contributed by atoms with van der Waals surface area (Å²) in [5, 5.41) is 7.45. The van der Waals surface area contributed by atoms with E-state index in [1.165, 1.54) is 11.2 Å². The van der Waals surface area contributed by atoms with Crippen LogP contribution in [0.3, 0.4) is 0 Å². The number of imidazole rings is 1. The molecule has 4 N–H and O–H groups in total. The van der Waals surface area contributed by atoms with E-state index >= 15 is 0 Å². The smallest absolute Gasteiger partial charge is 0.328 e. The van der Waals surface area contributed by atoms with Crippen LogP contribution in [0.5, 0.6) is 0 Å². The van der Waals surface area contributed by atoms with Crippen LogP contribution in [0.1, 0.15) is 25.0 Å². The van der Waals surface area contributed by atoms with Crippen molar-refractivity contribution in [1.29, 1.82) is 0 Å². The Hall–Kier alpha value is -3.17. The van der Waals surface area contributed by atoms with Gasteiger partial charge in [-0.05, 0) is 12.8 Å². The molecule has 2 atom stereocenters. The van der Waals surface area contributed by atoms with Crippen molar-refractivity contribution in [3.05, 3.63) is 30.5 Å². The first-order valence-electron chi connectivity index (χ1n) is 8.38. The number of rotatable bonds is 5. The van der Waals surface area contributed by atoms with Gasteiger partial charge in [0.15, 0.2) is 0 Å². The van der Waals surface area contributed by atoms with Gasteiger partial charge < -0.3 is 20.5 Å². The summed E-state index contributed by atoms with van der Waals surface area (Å²) < 4.78 is 0. The van der Waals surface area contributed by atoms with E-state index < -0.39 is 29.9 Å². The minimum Gasteiger partial charge on any atom is -0.351 e. The molecule has 0 bridgehead atoms. The number of carbonyl (C=O) groups excluding carboxylic acids is 4. The molecular formula is C16H20N6O4. The maximum atomic E-state index is 12.5. The molecule has 0 radical (unpaired) electrons. The van der Waals surface area contributed by atoms with Crippen molar-refractivity contribution < 1.29 is 19.2 Å². The fourth-order valence-corrected chi connectivity index (χ4v) is 2.83. The van der Waals surface area contributed by atoms with Gasteiger partial charge in [-0.25, -0.2) is 9.78 Å². The van der Waals surface area contributed by atoms with E-state index in [0.29, 0.717) is 18.7 Å². The number of aromatic nitrogens is 2. The molecule has 0 saturated carbocycles. The molecule has 138 valence electrons. The number of urea groups is 1. The molecule has 1 saturated heterocycles. The van der Waals surface area contributed by atoms with Gasteiger partial charge in [0.25, 0.3) is 5.91 Å². The molecule has 1 aromatic rings. The van der Waals surface area contributed by atoms with Gasteiger partial charge in [-0.3, -0.25) is 19.7 Å². The molecule has 26 heavy (non-hydrogen) atoms. The number of imide groups is 1. The Morgan fingerprint density at radius 1 is 1.38 bits per heavy atom. The number of aromatic amines is 1. The minimum atomic E-state index is -0.987. The molecule has 0 unspecified atom stereocenters. The molecule has 0 aromatic carbocycles. The van der Waals surface area contributed by atoms with E-state index in [1.54, 1.807) is 12.4 Å². The molecule has 0 aliphatic carbocycles. The number of nitrogens with zero attached hydrogens (tertiary/aromatic N) is 2. The lowest BCUT2D eigenvalue weighted by molar-refractivity contribution is -0.130. The number of nitrogens with one attached hydrogen (secondary N) is 4. The van der Waals surface area contributed by atoms with E-state index in [-0.39, 0.29) is 18.7 Å². The van der Waals surface area contributed by atoms with Gasteiger partial charge >= 0.3 is 6.03 Å². The van der Waals surface area contributed by atoms with E-state index in [2.05, 4.69) is 25.9 Å². The lowest BCUT2D eigenvalue weighted by atomic mass is 10.1. The maximum Gasteiger partial charge on any atom is 0.328 e. The molecule has 5 amide bonds. The van der Waals surface area contributed by atoms with Crippen LogP contribution >= 0.6 is 0 Å². The van der Waals surface area contributed by atoms with Crippen molar-refractivity contribution in [2.45, 2.75) is 37.8 Å². The summed E-state index contributed by atoms with van der Waals surface area (Å²) in [4.78, 5) is 56.5. The van der Waals surface area contributed by atoms with Crippen molar-refractivity contribution in [3.8, 4) is 0 Å². The third-order valence-electron chi connectivity index (χ3n) is 4.23. The number of amides is 5. The molecule has 0 spiro atoms. The zero-order chi connectivity index (χ0) is 18.5. The first kappa shape index (κ1) is 17.6. The summed E-state index contributed by atoms with van der Waals surface area (Å²) in [7, 11) is 0. The summed E-state index contributed by atoms with van der Waals surface area (Å²) in [5.74, 6) is -1.29. The molecular weight excluding hydrogens is 340 g/mol. The zero-order valence-electron chi connectivity index (χ0n) is 14.0. The summed E-state index contributed by atoms with van der Waals surface area (Å²) in [6.45, 7) is 0.504. The second kappa shape index (κ2) is 7.81. The molecule has 3 heterocycles. The fraction of sp³-hybridized carbons (Fsp3) is 0.438. The van der Waals surface area contributed by atoms with E-state index in [4.69, 9.17) is 0 Å². The number of carbonyl (C=O) groups is 4. The van der Waals surface area contributed by atoms with Crippen LogP contribution < -0.4 is 16.0 Å². The Bertz CT molecular complexity index is 729. The predicted octanol–water partition coefficient (Wildman–Crippen LogP) is -0.829. The molecule has 10 heteroatoms. The van der Waals surface area contributed by atoms with Gasteiger partial charge in [0, 0.05) is 31.8 Å². The Labute approximate surface area is 149 Å². The van der Waals surface area contributed by atoms with Crippen LogP contribution in [0.2, 0.25) is 0 Å². The first-order valence-corrected chi connectivity index (χ1v) is 8.38. The fourth-order valence-electron chi connectivity index (χ4n) is 2.83. The van der Waals surface area contributed by atoms with Crippen LogP contribution in [0.25, 0.3) is 0 Å². The maximum absolute atomic E-state index is 12.5. The molecule has 2 aliphatic heterocycles. The largest absolute Gasteiger partial charge is 0.351 e. The predicted molar refractivity (Wildman–Crippen MR) is 89.4 cm³/mol. The monoisotopic (exact) mass is 360 g/mol. The highest BCUT2D eigenvalue weighted by molar-refractivity contribution is 6.00. The van der Waals surface area contributed by atoms with Crippen LogP contribution in [0, 0.1) is 0 Å². The Kier molecular flexibility index (Phi) is 5.30. The van der Waals surface area contributed by atoms with Crippen LogP contribution in [-0.4, -0.2) is 57.2 Å². The van der Waals surface area contributed by atoms with Gasteiger partial charge in [0.2, 0.25) is 11.8 Å². The van der Waals surface area contributed by atoms with E-state index in [1.807, 2.05) is 6.08 Å². The van der Waals surface area contributed by atoms with E-state index in [9.17, 15) is 19.2 Å². The van der Waals surface area contributed by atoms with Crippen molar-refractivity contribution in [2.75, 3.05) is 6.54 Å². The standard InChI is InChI=1S/C16H20N6O4/c23-13-4-3-11(19-13)14(24)20-12(7-10-8-17-9-18-10)15(25)21-16(26)22-5-1-2-6-22/h1,5,8-9,11-12H,2-4,6-7H2,(H,17,18)(H,19,23)(H,20,24)(H,21,25,26)/t11-,12-/m0/s1. The average Bonchev–Trinajstić information content (AvgIpc) is 3.36. The Balaban J connectivity index is 1.64. The lowest BCUT2D eigenvalue weighted by Crippen LogP contribution is -2.54. The highest BCUT2D eigenvalue weighted by atomic mass is 16.2. The summed E-state index contributed by atoms with van der Waals surface area (Å²) in [6, 6.07) is -2.20. The normalized spacial score (nSPS) is 19.9. The number of hydrogen-bond donors (Lipinski definition) is 4. The summed E-state index contributed by atoms with van der Waals surface area (Å²) >= 11 is 0. The van der Waals surface area contributed by atoms with Gasteiger partial charge in [-0.15, -0.1) is 0 Å². The molecule has 2 aliphatic rings. The molecule has 10 nitrogen and oxygen atoms in total. The van der Waals surface area contributed by atoms with Gasteiger partial charge in [0.1, 0.15) is 12.1 Å². The summed E-state index contributed by atoms with van der Waals surface area (Å²) in [5.41, 5.74) is 0.564. The van der Waals surface area contributed by atoms with Crippen molar-refractivity contribution >= 4 is 23.8 Å². The molecule has 1 aromatic heterocycles. The van der Waals surface area contributed by atoms with E-state index in [0.717, 1.165) is 6.42 Å². The third-order valence-corrected chi connectivity index (χ3v) is 4.23. The van der Waals surface area contributed by atoms with Crippen LogP contribution in [-0.2, 0) is 20.8 Å². The number of hydrogen-bond acceptors (Lipinski definition) is 5. The highest BCUT2D eigenvalue weighted by Crippen LogP contribution is 2.08. The first-order chi connectivity index (χ1) is 12.5. The Morgan fingerprint density at radius 2 is 2.23 bits per heavy atom. The van der Waals surface area contributed by atoms with Crippen molar-refractivity contribution in [3.63, 3.8) is 0 Å². The topological polar surface area (TPSA) is 136 Å². The lowest BCUT2D eigenvalue weighted by Gasteiger charge is -2.21. The SMILES string of the molecule is O=C1CC[C@@H](C(=O)N[C@@H](Cc2c[nH]cn2)C(=O)NC(=O)N2C=CCC2)N1. The third kappa shape index (κ3) is 4.26. The van der Waals surface area contributed by atoms with Gasteiger partial charge in [-0.1, -0.05) is 6.08 Å². The second-order valence-corrected chi connectivity index (χ2v) is 6.15. The second-order valence-electron chi connectivity index (χ2n) is 6.15.